The number of carbonyl (C=O) groups is 1. The molecule has 0 atom stereocenters. The molecule has 0 unspecified atom stereocenters. The van der Waals surface area contributed by atoms with Crippen LogP contribution >= 0.6 is 11.8 Å². The number of rotatable bonds is 6. The zero-order valence-electron chi connectivity index (χ0n) is 10.7. The molecule has 2 rings (SSSR count). The third-order valence-corrected chi connectivity index (χ3v) is 4.32. The fourth-order valence-corrected chi connectivity index (χ4v) is 2.98. The number of carbonyl (C=O) groups excluding carboxylic acids is 1. The molecule has 0 radical (unpaired) electrons. The van der Waals surface area contributed by atoms with E-state index in [2.05, 4.69) is 35.8 Å². The maximum absolute atomic E-state index is 11.5. The van der Waals surface area contributed by atoms with E-state index in [1.807, 2.05) is 0 Å². The molecule has 4 heteroatoms. The molecule has 1 amide bonds. The summed E-state index contributed by atoms with van der Waals surface area (Å²) < 4.78 is 0. The largest absolute Gasteiger partial charge is 0.355 e. The van der Waals surface area contributed by atoms with Crippen LogP contribution in [0.4, 0.5) is 0 Å². The third-order valence-electron chi connectivity index (χ3n) is 3.53. The summed E-state index contributed by atoms with van der Waals surface area (Å²) in [6, 6.07) is 8.49. The quantitative estimate of drug-likeness (QED) is 0.772. The van der Waals surface area contributed by atoms with Crippen LogP contribution in [0.3, 0.4) is 0 Å². The van der Waals surface area contributed by atoms with E-state index in [-0.39, 0.29) is 11.3 Å². The van der Waals surface area contributed by atoms with E-state index >= 15 is 0 Å². The lowest BCUT2D eigenvalue weighted by atomic mass is 9.96. The van der Waals surface area contributed by atoms with Crippen LogP contribution in [0.25, 0.3) is 0 Å². The van der Waals surface area contributed by atoms with E-state index in [0.717, 1.165) is 19.4 Å². The van der Waals surface area contributed by atoms with Crippen LogP contribution in [-0.4, -0.2) is 25.3 Å². The zero-order valence-corrected chi connectivity index (χ0v) is 11.6. The van der Waals surface area contributed by atoms with E-state index in [1.54, 1.807) is 11.8 Å². The van der Waals surface area contributed by atoms with Gasteiger partial charge >= 0.3 is 0 Å². The summed E-state index contributed by atoms with van der Waals surface area (Å²) in [5.74, 6) is 0.0606. The van der Waals surface area contributed by atoms with Crippen LogP contribution in [0.2, 0.25) is 0 Å². The monoisotopic (exact) mass is 264 g/mol. The smallest absolute Gasteiger partial charge is 0.221 e. The Morgan fingerprint density at radius 1 is 1.44 bits per heavy atom. The number of benzene rings is 1. The first kappa shape index (κ1) is 13.4. The minimum absolute atomic E-state index is 0.0606. The standard InChI is InChI=1S/C14H20N2OS/c1-18-12-5-3-2-4-11(12)14(7-8-14)10-16-13(17)6-9-15/h2-5H,6-10,15H2,1H3,(H,16,17). The van der Waals surface area contributed by atoms with Gasteiger partial charge in [0.1, 0.15) is 0 Å². The number of hydrogen-bond acceptors (Lipinski definition) is 3. The van der Waals surface area contributed by atoms with Crippen molar-refractivity contribution in [2.45, 2.75) is 29.6 Å². The lowest BCUT2D eigenvalue weighted by Gasteiger charge is -2.19. The van der Waals surface area contributed by atoms with Gasteiger partial charge in [0.25, 0.3) is 0 Å². The highest BCUT2D eigenvalue weighted by atomic mass is 32.2. The molecule has 1 fully saturated rings. The van der Waals surface area contributed by atoms with Crippen molar-refractivity contribution in [3.63, 3.8) is 0 Å². The van der Waals surface area contributed by atoms with Gasteiger partial charge in [0.15, 0.2) is 0 Å². The highest BCUT2D eigenvalue weighted by molar-refractivity contribution is 7.98. The molecule has 1 aromatic carbocycles. The van der Waals surface area contributed by atoms with Crippen molar-refractivity contribution in [1.29, 1.82) is 0 Å². The molecule has 1 saturated carbocycles. The molecule has 0 spiro atoms. The van der Waals surface area contributed by atoms with Gasteiger partial charge in [-0.1, -0.05) is 18.2 Å². The Morgan fingerprint density at radius 3 is 2.78 bits per heavy atom. The average molecular weight is 264 g/mol. The molecule has 1 aliphatic carbocycles. The van der Waals surface area contributed by atoms with Crippen molar-refractivity contribution in [1.82, 2.24) is 5.32 Å². The number of nitrogens with one attached hydrogen (secondary N) is 1. The maximum Gasteiger partial charge on any atom is 0.221 e. The van der Waals surface area contributed by atoms with Crippen LogP contribution in [0.1, 0.15) is 24.8 Å². The summed E-state index contributed by atoms with van der Waals surface area (Å²) in [6.45, 7) is 1.16. The van der Waals surface area contributed by atoms with E-state index in [9.17, 15) is 4.79 Å². The molecule has 0 aromatic heterocycles. The third kappa shape index (κ3) is 2.87. The first-order valence-corrected chi connectivity index (χ1v) is 7.54. The molecule has 0 saturated heterocycles. The van der Waals surface area contributed by atoms with Crippen LogP contribution < -0.4 is 11.1 Å². The summed E-state index contributed by atoms with van der Waals surface area (Å²) in [6.07, 6.45) is 4.84. The summed E-state index contributed by atoms with van der Waals surface area (Å²) in [7, 11) is 0. The second-order valence-electron chi connectivity index (χ2n) is 4.80. The van der Waals surface area contributed by atoms with Crippen molar-refractivity contribution >= 4 is 17.7 Å². The van der Waals surface area contributed by atoms with Gasteiger partial charge in [-0.05, 0) is 30.7 Å². The van der Waals surface area contributed by atoms with E-state index < -0.39 is 0 Å². The Labute approximate surface area is 113 Å². The Kier molecular flexibility index (Phi) is 4.30. The molecular weight excluding hydrogens is 244 g/mol. The highest BCUT2D eigenvalue weighted by Crippen LogP contribution is 2.50. The van der Waals surface area contributed by atoms with Crippen molar-refractivity contribution in [2.24, 2.45) is 5.73 Å². The minimum Gasteiger partial charge on any atom is -0.355 e. The van der Waals surface area contributed by atoms with Gasteiger partial charge in [0.05, 0.1) is 0 Å². The molecule has 1 aromatic rings. The molecule has 3 N–H and O–H groups in total. The van der Waals surface area contributed by atoms with Gasteiger partial charge in [-0.2, -0.15) is 0 Å². The lowest BCUT2D eigenvalue weighted by Crippen LogP contribution is -2.33. The Balaban J connectivity index is 2.05. The fraction of sp³-hybridized carbons (Fsp3) is 0.500. The molecule has 18 heavy (non-hydrogen) atoms. The Hall–Kier alpha value is -1.00. The lowest BCUT2D eigenvalue weighted by molar-refractivity contribution is -0.121. The fourth-order valence-electron chi connectivity index (χ4n) is 2.26. The van der Waals surface area contributed by atoms with Crippen LogP contribution in [-0.2, 0) is 10.2 Å². The predicted molar refractivity (Wildman–Crippen MR) is 75.8 cm³/mol. The first-order valence-electron chi connectivity index (χ1n) is 6.32. The highest BCUT2D eigenvalue weighted by Gasteiger charge is 2.45. The normalized spacial score (nSPS) is 16.3. The van der Waals surface area contributed by atoms with Crippen molar-refractivity contribution in [3.8, 4) is 0 Å². The molecule has 0 heterocycles. The van der Waals surface area contributed by atoms with Crippen molar-refractivity contribution < 1.29 is 4.79 Å². The van der Waals surface area contributed by atoms with Crippen molar-refractivity contribution in [2.75, 3.05) is 19.3 Å². The van der Waals surface area contributed by atoms with E-state index in [4.69, 9.17) is 5.73 Å². The first-order chi connectivity index (χ1) is 8.72. The molecular formula is C14H20N2OS. The van der Waals surface area contributed by atoms with Gasteiger partial charge in [-0.3, -0.25) is 4.79 Å². The second kappa shape index (κ2) is 5.76. The number of thioether (sulfide) groups is 1. The summed E-state index contributed by atoms with van der Waals surface area (Å²) in [4.78, 5) is 12.8. The van der Waals surface area contributed by atoms with Gasteiger partial charge in [0.2, 0.25) is 5.91 Å². The van der Waals surface area contributed by atoms with Crippen LogP contribution in [0.15, 0.2) is 29.2 Å². The van der Waals surface area contributed by atoms with Gasteiger partial charge in [0, 0.05) is 29.8 Å². The van der Waals surface area contributed by atoms with Gasteiger partial charge in [-0.15, -0.1) is 11.8 Å². The summed E-state index contributed by atoms with van der Waals surface area (Å²) in [5, 5.41) is 3.01. The average Bonchev–Trinajstić information content (AvgIpc) is 3.18. The van der Waals surface area contributed by atoms with Crippen molar-refractivity contribution in [3.05, 3.63) is 29.8 Å². The molecule has 0 bridgehead atoms. The molecule has 0 aliphatic heterocycles. The SMILES string of the molecule is CSc1ccccc1C1(CNC(=O)CCN)CC1. The molecule has 1 aliphatic rings. The summed E-state index contributed by atoms with van der Waals surface area (Å²) in [5.41, 5.74) is 6.93. The second-order valence-corrected chi connectivity index (χ2v) is 5.64. The zero-order chi connectivity index (χ0) is 13.0. The van der Waals surface area contributed by atoms with E-state index in [0.29, 0.717) is 13.0 Å². The van der Waals surface area contributed by atoms with Crippen LogP contribution in [0, 0.1) is 0 Å². The number of amides is 1. The molecule has 98 valence electrons. The van der Waals surface area contributed by atoms with E-state index in [1.165, 1.54) is 10.5 Å². The van der Waals surface area contributed by atoms with Crippen LogP contribution in [0.5, 0.6) is 0 Å². The van der Waals surface area contributed by atoms with Gasteiger partial charge < -0.3 is 11.1 Å². The predicted octanol–water partition coefficient (Wildman–Crippen LogP) is 1.91. The summed E-state index contributed by atoms with van der Waals surface area (Å²) >= 11 is 1.77. The minimum atomic E-state index is 0.0606. The maximum atomic E-state index is 11.5. The Morgan fingerprint density at radius 2 is 2.17 bits per heavy atom. The topological polar surface area (TPSA) is 55.1 Å². The molecule has 3 nitrogen and oxygen atoms in total. The Bertz CT molecular complexity index is 430. The van der Waals surface area contributed by atoms with Gasteiger partial charge in [-0.25, -0.2) is 0 Å². The number of hydrogen-bond donors (Lipinski definition) is 2. The number of nitrogens with two attached hydrogens (primary N) is 1.